The number of hydrogen-bond donors (Lipinski definition) is 0. The highest BCUT2D eigenvalue weighted by Gasteiger charge is 2.02. The van der Waals surface area contributed by atoms with Crippen LogP contribution in [0.15, 0.2) is 73.8 Å². The normalized spacial score (nSPS) is 10.0. The highest BCUT2D eigenvalue weighted by molar-refractivity contribution is 5.48. The molecule has 0 saturated carbocycles. The molecular weight excluding hydrogens is 256 g/mol. The summed E-state index contributed by atoms with van der Waals surface area (Å²) in [6.07, 6.45) is 3.40. The fraction of sp³-hybridized carbons (Fsp3) is 0.0526. The SMILES string of the molecule is C=CC(C#N)c1ccccc1.C=Cc1ccc(C#N)cc1. The zero-order valence-electron chi connectivity index (χ0n) is 11.7. The molecule has 0 aromatic heterocycles. The predicted molar refractivity (Wildman–Crippen MR) is 86.2 cm³/mol. The number of nitriles is 2. The van der Waals surface area contributed by atoms with E-state index < -0.39 is 0 Å². The van der Waals surface area contributed by atoms with Crippen LogP contribution < -0.4 is 0 Å². The molecule has 21 heavy (non-hydrogen) atoms. The summed E-state index contributed by atoms with van der Waals surface area (Å²) in [7, 11) is 0. The molecule has 102 valence electrons. The Morgan fingerprint density at radius 2 is 1.52 bits per heavy atom. The largest absolute Gasteiger partial charge is 0.197 e. The molecule has 0 N–H and O–H groups in total. The maximum Gasteiger partial charge on any atom is 0.0991 e. The Morgan fingerprint density at radius 1 is 0.905 bits per heavy atom. The van der Waals surface area contributed by atoms with E-state index in [4.69, 9.17) is 10.5 Å². The Labute approximate surface area is 125 Å². The van der Waals surface area contributed by atoms with Gasteiger partial charge in [-0.05, 0) is 23.3 Å². The van der Waals surface area contributed by atoms with Crippen molar-refractivity contribution < 1.29 is 0 Å². The van der Waals surface area contributed by atoms with Crippen molar-refractivity contribution in [3.05, 3.63) is 90.5 Å². The summed E-state index contributed by atoms with van der Waals surface area (Å²) in [5.74, 6) is -0.170. The smallest absolute Gasteiger partial charge is 0.0991 e. The van der Waals surface area contributed by atoms with Gasteiger partial charge in [-0.25, -0.2) is 0 Å². The van der Waals surface area contributed by atoms with Crippen molar-refractivity contribution in [3.8, 4) is 12.1 Å². The molecule has 0 fully saturated rings. The van der Waals surface area contributed by atoms with Crippen molar-refractivity contribution in [1.29, 1.82) is 10.5 Å². The van der Waals surface area contributed by atoms with Gasteiger partial charge >= 0.3 is 0 Å². The monoisotopic (exact) mass is 272 g/mol. The van der Waals surface area contributed by atoms with E-state index in [1.165, 1.54) is 0 Å². The minimum atomic E-state index is -0.170. The predicted octanol–water partition coefficient (Wildman–Crippen LogP) is 4.68. The Morgan fingerprint density at radius 3 is 1.95 bits per heavy atom. The van der Waals surface area contributed by atoms with E-state index in [9.17, 15) is 0 Å². The molecule has 2 heteroatoms. The molecule has 0 spiro atoms. The molecule has 0 heterocycles. The lowest BCUT2D eigenvalue weighted by atomic mass is 10.0. The topological polar surface area (TPSA) is 47.6 Å². The van der Waals surface area contributed by atoms with Crippen molar-refractivity contribution in [1.82, 2.24) is 0 Å². The van der Waals surface area contributed by atoms with Crippen LogP contribution in [0.4, 0.5) is 0 Å². The van der Waals surface area contributed by atoms with Gasteiger partial charge in [0.2, 0.25) is 0 Å². The number of allylic oxidation sites excluding steroid dienone is 1. The molecule has 1 atom stereocenters. The average Bonchev–Trinajstić information content (AvgIpc) is 2.57. The van der Waals surface area contributed by atoms with Crippen LogP contribution in [0.1, 0.15) is 22.6 Å². The number of rotatable bonds is 3. The lowest BCUT2D eigenvalue weighted by Gasteiger charge is -2.00. The number of hydrogen-bond acceptors (Lipinski definition) is 2. The van der Waals surface area contributed by atoms with Crippen LogP contribution in [-0.2, 0) is 0 Å². The van der Waals surface area contributed by atoms with Crippen LogP contribution in [0.2, 0.25) is 0 Å². The van der Waals surface area contributed by atoms with E-state index in [1.54, 1.807) is 24.3 Å². The van der Waals surface area contributed by atoms with Gasteiger partial charge in [0.15, 0.2) is 0 Å². The van der Waals surface area contributed by atoms with Crippen molar-refractivity contribution in [2.45, 2.75) is 5.92 Å². The van der Waals surface area contributed by atoms with Gasteiger partial charge in [0.1, 0.15) is 0 Å². The zero-order valence-corrected chi connectivity index (χ0v) is 11.7. The van der Waals surface area contributed by atoms with Gasteiger partial charge in [-0.15, -0.1) is 6.58 Å². The zero-order chi connectivity index (χ0) is 15.5. The molecule has 2 aromatic rings. The molecule has 2 rings (SSSR count). The van der Waals surface area contributed by atoms with Gasteiger partial charge in [-0.2, -0.15) is 10.5 Å². The second-order valence-corrected chi connectivity index (χ2v) is 4.19. The highest BCUT2D eigenvalue weighted by atomic mass is 14.3. The number of benzene rings is 2. The van der Waals surface area contributed by atoms with Crippen molar-refractivity contribution in [3.63, 3.8) is 0 Å². The summed E-state index contributed by atoms with van der Waals surface area (Å²) >= 11 is 0. The van der Waals surface area contributed by atoms with E-state index in [0.29, 0.717) is 5.56 Å². The van der Waals surface area contributed by atoms with Crippen molar-refractivity contribution >= 4 is 6.08 Å². The third kappa shape index (κ3) is 5.19. The molecule has 0 bridgehead atoms. The van der Waals surface area contributed by atoms with E-state index in [2.05, 4.69) is 19.2 Å². The van der Waals surface area contributed by atoms with Crippen LogP contribution >= 0.6 is 0 Å². The first-order chi connectivity index (χ1) is 10.2. The van der Waals surface area contributed by atoms with Crippen LogP contribution in [-0.4, -0.2) is 0 Å². The van der Waals surface area contributed by atoms with Crippen molar-refractivity contribution in [2.24, 2.45) is 0 Å². The first-order valence-electron chi connectivity index (χ1n) is 6.45. The molecule has 2 nitrogen and oxygen atoms in total. The summed E-state index contributed by atoms with van der Waals surface area (Å²) in [6, 6.07) is 21.1. The average molecular weight is 272 g/mol. The minimum absolute atomic E-state index is 0.170. The molecule has 0 radical (unpaired) electrons. The molecule has 0 aliphatic rings. The van der Waals surface area contributed by atoms with Gasteiger partial charge in [0.05, 0.1) is 23.6 Å². The maximum atomic E-state index is 8.66. The second-order valence-electron chi connectivity index (χ2n) is 4.19. The maximum absolute atomic E-state index is 8.66. The molecule has 0 saturated heterocycles. The Balaban J connectivity index is 0.000000211. The first kappa shape index (κ1) is 16.0. The Kier molecular flexibility index (Phi) is 6.77. The summed E-state index contributed by atoms with van der Waals surface area (Å²) in [6.45, 7) is 7.19. The third-order valence-electron chi connectivity index (χ3n) is 2.81. The highest BCUT2D eigenvalue weighted by Crippen LogP contribution is 2.14. The van der Waals surface area contributed by atoms with Crippen LogP contribution in [0, 0.1) is 22.7 Å². The molecule has 2 aromatic carbocycles. The Hall–Kier alpha value is -3.10. The summed E-state index contributed by atoms with van der Waals surface area (Å²) in [5.41, 5.74) is 2.73. The van der Waals surface area contributed by atoms with E-state index in [1.807, 2.05) is 48.5 Å². The van der Waals surface area contributed by atoms with Gasteiger partial charge in [0, 0.05) is 0 Å². The summed E-state index contributed by atoms with van der Waals surface area (Å²) in [4.78, 5) is 0. The lowest BCUT2D eigenvalue weighted by molar-refractivity contribution is 1.10. The van der Waals surface area contributed by atoms with E-state index >= 15 is 0 Å². The first-order valence-corrected chi connectivity index (χ1v) is 6.45. The van der Waals surface area contributed by atoms with Gasteiger partial charge < -0.3 is 0 Å². The standard InChI is InChI=1S/C10H9N.C9H7N/c1-2-9(8-11)10-6-4-3-5-7-10;1-2-8-3-5-9(7-10)6-4-8/h2-7,9H,1H2;2-6H,1H2. The Bertz CT molecular complexity index is 655. The molecular formula is C19H16N2. The molecule has 0 aliphatic carbocycles. The minimum Gasteiger partial charge on any atom is -0.197 e. The summed E-state index contributed by atoms with van der Waals surface area (Å²) in [5, 5.41) is 17.1. The van der Waals surface area contributed by atoms with E-state index in [-0.39, 0.29) is 5.92 Å². The molecule has 0 amide bonds. The van der Waals surface area contributed by atoms with Crippen LogP contribution in [0.3, 0.4) is 0 Å². The number of nitrogens with zero attached hydrogens (tertiary/aromatic N) is 2. The van der Waals surface area contributed by atoms with Crippen LogP contribution in [0.25, 0.3) is 6.08 Å². The van der Waals surface area contributed by atoms with Gasteiger partial charge in [-0.3, -0.25) is 0 Å². The van der Waals surface area contributed by atoms with Gasteiger partial charge in [-0.1, -0.05) is 61.2 Å². The molecule has 1 unspecified atom stereocenters. The fourth-order valence-corrected chi connectivity index (χ4v) is 1.62. The quantitative estimate of drug-likeness (QED) is 0.761. The fourth-order valence-electron chi connectivity index (χ4n) is 1.62. The van der Waals surface area contributed by atoms with Gasteiger partial charge in [0.25, 0.3) is 0 Å². The third-order valence-corrected chi connectivity index (χ3v) is 2.81. The van der Waals surface area contributed by atoms with E-state index in [0.717, 1.165) is 11.1 Å². The summed E-state index contributed by atoms with van der Waals surface area (Å²) < 4.78 is 0. The van der Waals surface area contributed by atoms with Crippen LogP contribution in [0.5, 0.6) is 0 Å². The van der Waals surface area contributed by atoms with Crippen molar-refractivity contribution in [2.75, 3.05) is 0 Å². The second kappa shape index (κ2) is 8.91. The lowest BCUT2D eigenvalue weighted by Crippen LogP contribution is -1.88. The molecule has 0 aliphatic heterocycles.